The summed E-state index contributed by atoms with van der Waals surface area (Å²) in [5.74, 6) is 2.74. The van der Waals surface area contributed by atoms with Crippen LogP contribution in [0, 0.1) is 0 Å². The third-order valence-electron chi connectivity index (χ3n) is 5.89. The van der Waals surface area contributed by atoms with Gasteiger partial charge in [-0.1, -0.05) is 20.8 Å². The first kappa shape index (κ1) is 18.3. The van der Waals surface area contributed by atoms with Gasteiger partial charge in [-0.2, -0.15) is 0 Å². The van der Waals surface area contributed by atoms with E-state index in [9.17, 15) is 0 Å². The van der Waals surface area contributed by atoms with Crippen LogP contribution in [0.1, 0.15) is 57.3 Å². The second kappa shape index (κ2) is 6.97. The maximum Gasteiger partial charge on any atom is 0.153 e. The van der Waals surface area contributed by atoms with Crippen LogP contribution in [0.15, 0.2) is 30.7 Å². The van der Waals surface area contributed by atoms with E-state index in [4.69, 9.17) is 10.1 Å². The summed E-state index contributed by atoms with van der Waals surface area (Å²) in [6.45, 7) is 10.4. The van der Waals surface area contributed by atoms with Crippen LogP contribution in [0.5, 0.6) is 0 Å². The lowest BCUT2D eigenvalue weighted by Gasteiger charge is -2.23. The Morgan fingerprint density at radius 2 is 1.69 bits per heavy atom. The molecule has 3 aromatic heterocycles. The zero-order valence-electron chi connectivity index (χ0n) is 17.5. The van der Waals surface area contributed by atoms with Crippen LogP contribution in [0.4, 0.5) is 11.6 Å². The molecule has 5 rings (SSSR count). The van der Waals surface area contributed by atoms with Crippen LogP contribution >= 0.6 is 0 Å². The number of fused-ring (bicyclic) bond motifs is 1. The molecule has 1 saturated carbocycles. The maximum absolute atomic E-state index is 4.85. The van der Waals surface area contributed by atoms with Crippen molar-refractivity contribution in [1.29, 1.82) is 0 Å². The van der Waals surface area contributed by atoms with Crippen molar-refractivity contribution in [1.82, 2.24) is 24.6 Å². The predicted molar refractivity (Wildman–Crippen MR) is 115 cm³/mol. The van der Waals surface area contributed by atoms with E-state index in [1.807, 2.05) is 4.52 Å². The van der Waals surface area contributed by atoms with E-state index < -0.39 is 0 Å². The molecule has 0 aromatic carbocycles. The molecular weight excluding hydrogens is 362 g/mol. The van der Waals surface area contributed by atoms with Gasteiger partial charge in [0.1, 0.15) is 18.0 Å². The Balaban J connectivity index is 1.33. The molecule has 7 nitrogen and oxygen atoms in total. The van der Waals surface area contributed by atoms with Crippen molar-refractivity contribution in [3.05, 3.63) is 42.1 Å². The summed E-state index contributed by atoms with van der Waals surface area (Å²) in [6.07, 6.45) is 7.41. The van der Waals surface area contributed by atoms with Crippen molar-refractivity contribution in [3.8, 4) is 0 Å². The van der Waals surface area contributed by atoms with Gasteiger partial charge in [0.05, 0.1) is 11.9 Å². The second-order valence-electron chi connectivity index (χ2n) is 9.27. The highest BCUT2D eigenvalue weighted by Gasteiger charge is 2.26. The molecule has 7 heteroatoms. The quantitative estimate of drug-likeness (QED) is 0.682. The van der Waals surface area contributed by atoms with E-state index in [1.165, 1.54) is 18.5 Å². The first-order valence-corrected chi connectivity index (χ1v) is 10.7. The number of hydrogen-bond acceptors (Lipinski definition) is 6. The summed E-state index contributed by atoms with van der Waals surface area (Å²) >= 11 is 0. The zero-order chi connectivity index (χ0) is 20.0. The Bertz CT molecular complexity index is 1020. The molecule has 152 valence electrons. The SMILES string of the molecule is CC(C)(C)c1cn2nc(N3CCCN(c4cc(C5CC5)ncn4)CC3)ccc2n1. The van der Waals surface area contributed by atoms with Gasteiger partial charge in [0.2, 0.25) is 0 Å². The summed E-state index contributed by atoms with van der Waals surface area (Å²) in [5.41, 5.74) is 3.20. The minimum absolute atomic E-state index is 0.0217. The van der Waals surface area contributed by atoms with E-state index in [2.05, 4.69) is 64.9 Å². The second-order valence-corrected chi connectivity index (χ2v) is 9.27. The van der Waals surface area contributed by atoms with Gasteiger partial charge in [0.25, 0.3) is 0 Å². The molecule has 0 amide bonds. The smallest absolute Gasteiger partial charge is 0.153 e. The van der Waals surface area contributed by atoms with Gasteiger partial charge in [0.15, 0.2) is 5.65 Å². The fraction of sp³-hybridized carbons (Fsp3) is 0.545. The standard InChI is InChI=1S/C22H29N7/c1-22(2,3)18-14-29-19(25-18)7-8-20(26-29)27-9-4-10-28(12-11-27)21-13-17(16-5-6-16)23-15-24-21/h7-8,13-16H,4-6,9-12H2,1-3H3. The zero-order valence-corrected chi connectivity index (χ0v) is 17.5. The molecule has 2 aliphatic rings. The molecule has 0 radical (unpaired) electrons. The summed E-state index contributed by atoms with van der Waals surface area (Å²) in [4.78, 5) is 18.5. The van der Waals surface area contributed by atoms with E-state index in [1.54, 1.807) is 6.33 Å². The average molecular weight is 392 g/mol. The van der Waals surface area contributed by atoms with Crippen LogP contribution in [-0.2, 0) is 5.41 Å². The van der Waals surface area contributed by atoms with Gasteiger partial charge in [-0.05, 0) is 31.4 Å². The Morgan fingerprint density at radius 3 is 2.41 bits per heavy atom. The molecule has 2 fully saturated rings. The van der Waals surface area contributed by atoms with Crippen molar-refractivity contribution in [2.75, 3.05) is 36.0 Å². The van der Waals surface area contributed by atoms with Crippen molar-refractivity contribution in [3.63, 3.8) is 0 Å². The molecule has 0 bridgehead atoms. The van der Waals surface area contributed by atoms with Crippen LogP contribution in [0.2, 0.25) is 0 Å². The van der Waals surface area contributed by atoms with E-state index in [0.29, 0.717) is 5.92 Å². The molecule has 29 heavy (non-hydrogen) atoms. The van der Waals surface area contributed by atoms with E-state index in [-0.39, 0.29) is 5.41 Å². The lowest BCUT2D eigenvalue weighted by atomic mass is 9.93. The molecule has 1 aliphatic heterocycles. The first-order valence-electron chi connectivity index (χ1n) is 10.7. The lowest BCUT2D eigenvalue weighted by molar-refractivity contribution is 0.572. The average Bonchev–Trinajstić information content (AvgIpc) is 3.49. The third kappa shape index (κ3) is 3.78. The predicted octanol–water partition coefficient (Wildman–Crippen LogP) is 3.41. The Labute approximate surface area is 171 Å². The van der Waals surface area contributed by atoms with Gasteiger partial charge < -0.3 is 9.80 Å². The van der Waals surface area contributed by atoms with Gasteiger partial charge in [0, 0.05) is 49.3 Å². The number of anilines is 2. The molecule has 0 unspecified atom stereocenters. The molecule has 1 saturated heterocycles. The van der Waals surface area contributed by atoms with Crippen molar-refractivity contribution in [2.45, 2.75) is 51.4 Å². The molecular formula is C22H29N7. The van der Waals surface area contributed by atoms with Crippen LogP contribution in [0.3, 0.4) is 0 Å². The van der Waals surface area contributed by atoms with Crippen molar-refractivity contribution >= 4 is 17.3 Å². The molecule has 4 heterocycles. The largest absolute Gasteiger partial charge is 0.355 e. The fourth-order valence-corrected chi connectivity index (χ4v) is 3.91. The van der Waals surface area contributed by atoms with E-state index in [0.717, 1.165) is 55.6 Å². The summed E-state index contributed by atoms with van der Waals surface area (Å²) < 4.78 is 1.92. The Kier molecular flexibility index (Phi) is 4.41. The van der Waals surface area contributed by atoms with Crippen molar-refractivity contribution < 1.29 is 0 Å². The van der Waals surface area contributed by atoms with Gasteiger partial charge in [-0.25, -0.2) is 19.5 Å². The summed E-state index contributed by atoms with van der Waals surface area (Å²) in [6, 6.07) is 6.37. The summed E-state index contributed by atoms with van der Waals surface area (Å²) in [7, 11) is 0. The third-order valence-corrected chi connectivity index (χ3v) is 5.89. The number of imidazole rings is 1. The Hall–Kier alpha value is -2.70. The van der Waals surface area contributed by atoms with E-state index >= 15 is 0 Å². The van der Waals surface area contributed by atoms with Gasteiger partial charge in [-0.15, -0.1) is 5.10 Å². The number of aromatic nitrogens is 5. The monoisotopic (exact) mass is 391 g/mol. The Morgan fingerprint density at radius 1 is 0.931 bits per heavy atom. The number of nitrogens with zero attached hydrogens (tertiary/aromatic N) is 7. The summed E-state index contributed by atoms with van der Waals surface area (Å²) in [5, 5.41) is 4.85. The molecule has 0 atom stereocenters. The highest BCUT2D eigenvalue weighted by Crippen LogP contribution is 2.39. The van der Waals surface area contributed by atoms with Crippen LogP contribution in [-0.4, -0.2) is 50.7 Å². The van der Waals surface area contributed by atoms with Crippen LogP contribution in [0.25, 0.3) is 5.65 Å². The van der Waals surface area contributed by atoms with Crippen molar-refractivity contribution in [2.24, 2.45) is 0 Å². The maximum atomic E-state index is 4.85. The molecule has 0 N–H and O–H groups in total. The minimum Gasteiger partial charge on any atom is -0.355 e. The van der Waals surface area contributed by atoms with Gasteiger partial charge >= 0.3 is 0 Å². The topological polar surface area (TPSA) is 62.5 Å². The van der Waals surface area contributed by atoms with Gasteiger partial charge in [-0.3, -0.25) is 0 Å². The molecule has 3 aromatic rings. The lowest BCUT2D eigenvalue weighted by Crippen LogP contribution is -2.31. The number of hydrogen-bond donors (Lipinski definition) is 0. The first-order chi connectivity index (χ1) is 14.0. The number of rotatable bonds is 3. The molecule has 0 spiro atoms. The fourth-order valence-electron chi connectivity index (χ4n) is 3.91. The highest BCUT2D eigenvalue weighted by atomic mass is 15.3. The highest BCUT2D eigenvalue weighted by molar-refractivity contribution is 5.48. The molecule has 1 aliphatic carbocycles. The minimum atomic E-state index is 0.0217. The van der Waals surface area contributed by atoms with Crippen LogP contribution < -0.4 is 9.80 Å². The normalized spacial score (nSPS) is 18.3.